The van der Waals surface area contributed by atoms with Crippen molar-refractivity contribution in [1.82, 2.24) is 24.6 Å². The van der Waals surface area contributed by atoms with Crippen LogP contribution in [0.5, 0.6) is 5.75 Å². The van der Waals surface area contributed by atoms with E-state index >= 15 is 0 Å². The van der Waals surface area contributed by atoms with E-state index in [0.29, 0.717) is 41.9 Å². The number of carbonyl (C=O) groups excluding carboxylic acids is 1. The van der Waals surface area contributed by atoms with Gasteiger partial charge in [0.2, 0.25) is 5.91 Å². The molecule has 0 spiro atoms. The molecule has 5 rings (SSSR count). The highest BCUT2D eigenvalue weighted by Gasteiger charge is 2.29. The standard InChI is InChI=1S/C25H29ClN6O3/c1-3-32-20(11-15(2)30-32)25-28-19-14-17-18(22(19)23(26)29-25)12-16(24(27)33)13-21(17)35-8-4-5-31-6-9-34-10-7-31/h11-13H,3-10,14H2,1-2H3,(H2,27,33). The van der Waals surface area contributed by atoms with Crippen LogP contribution in [0.1, 0.15) is 40.7 Å². The summed E-state index contributed by atoms with van der Waals surface area (Å²) < 4.78 is 13.5. The van der Waals surface area contributed by atoms with E-state index < -0.39 is 5.91 Å². The van der Waals surface area contributed by atoms with Crippen LogP contribution in [0.15, 0.2) is 18.2 Å². The number of nitrogens with two attached hydrogens (primary N) is 1. The lowest BCUT2D eigenvalue weighted by Crippen LogP contribution is -2.37. The van der Waals surface area contributed by atoms with E-state index in [4.69, 9.17) is 31.8 Å². The molecule has 35 heavy (non-hydrogen) atoms. The first-order valence-corrected chi connectivity index (χ1v) is 12.3. The molecule has 2 N–H and O–H groups in total. The van der Waals surface area contributed by atoms with E-state index in [0.717, 1.165) is 73.0 Å². The van der Waals surface area contributed by atoms with E-state index in [2.05, 4.69) is 15.0 Å². The van der Waals surface area contributed by atoms with Gasteiger partial charge in [-0.05, 0) is 44.0 Å². The van der Waals surface area contributed by atoms with E-state index in [1.807, 2.05) is 24.6 Å². The normalized spacial score (nSPS) is 15.2. The van der Waals surface area contributed by atoms with Gasteiger partial charge in [-0.2, -0.15) is 5.10 Å². The van der Waals surface area contributed by atoms with Crippen molar-refractivity contribution >= 4 is 17.5 Å². The van der Waals surface area contributed by atoms with Gasteiger partial charge in [-0.3, -0.25) is 14.4 Å². The molecular weight excluding hydrogens is 468 g/mol. The third-order valence-electron chi connectivity index (χ3n) is 6.46. The molecule has 0 radical (unpaired) electrons. The minimum atomic E-state index is -0.518. The fourth-order valence-corrected chi connectivity index (χ4v) is 5.03. The quantitative estimate of drug-likeness (QED) is 0.295. The van der Waals surface area contributed by atoms with Crippen molar-refractivity contribution in [3.63, 3.8) is 0 Å². The Hall–Kier alpha value is -3.01. The average molecular weight is 497 g/mol. The Labute approximate surface area is 209 Å². The molecule has 0 atom stereocenters. The van der Waals surface area contributed by atoms with Crippen molar-refractivity contribution in [1.29, 1.82) is 0 Å². The van der Waals surface area contributed by atoms with Crippen LogP contribution < -0.4 is 10.5 Å². The van der Waals surface area contributed by atoms with Crippen LogP contribution in [0.25, 0.3) is 22.6 Å². The summed E-state index contributed by atoms with van der Waals surface area (Å²) in [5.41, 5.74) is 11.0. The molecule has 1 saturated heterocycles. The first-order chi connectivity index (χ1) is 16.9. The van der Waals surface area contributed by atoms with Gasteiger partial charge in [-0.15, -0.1) is 0 Å². The Balaban J connectivity index is 1.43. The maximum absolute atomic E-state index is 12.1. The molecule has 0 bridgehead atoms. The Kier molecular flexibility index (Phi) is 6.73. The number of rotatable bonds is 8. The lowest BCUT2D eigenvalue weighted by atomic mass is 10.0. The number of nitrogens with zero attached hydrogens (tertiary/aromatic N) is 5. The Morgan fingerprint density at radius 3 is 2.77 bits per heavy atom. The average Bonchev–Trinajstić information content (AvgIpc) is 3.42. The maximum atomic E-state index is 12.1. The fourth-order valence-electron chi connectivity index (χ4n) is 4.74. The zero-order chi connectivity index (χ0) is 24.5. The van der Waals surface area contributed by atoms with E-state index in [1.54, 1.807) is 12.1 Å². The number of halogens is 1. The summed E-state index contributed by atoms with van der Waals surface area (Å²) in [6, 6.07) is 5.44. The summed E-state index contributed by atoms with van der Waals surface area (Å²) in [4.78, 5) is 23.9. The predicted molar refractivity (Wildman–Crippen MR) is 133 cm³/mol. The van der Waals surface area contributed by atoms with Crippen LogP contribution in [0, 0.1) is 6.92 Å². The van der Waals surface area contributed by atoms with Gasteiger partial charge < -0.3 is 15.2 Å². The number of primary amides is 1. The van der Waals surface area contributed by atoms with Crippen LogP contribution in [-0.2, 0) is 17.7 Å². The molecule has 184 valence electrons. The molecule has 9 nitrogen and oxygen atoms in total. The second-order valence-corrected chi connectivity index (χ2v) is 9.20. The van der Waals surface area contributed by atoms with Crippen LogP contribution >= 0.6 is 11.6 Å². The minimum absolute atomic E-state index is 0.338. The van der Waals surface area contributed by atoms with Gasteiger partial charge in [-0.25, -0.2) is 9.97 Å². The van der Waals surface area contributed by atoms with Gasteiger partial charge in [0.05, 0.1) is 31.2 Å². The van der Waals surface area contributed by atoms with Crippen LogP contribution in [0.4, 0.5) is 0 Å². The summed E-state index contributed by atoms with van der Waals surface area (Å²) in [6.07, 6.45) is 1.41. The Morgan fingerprint density at radius 1 is 1.23 bits per heavy atom. The maximum Gasteiger partial charge on any atom is 0.248 e. The summed E-state index contributed by atoms with van der Waals surface area (Å²) in [5, 5.41) is 4.84. The molecular formula is C25H29ClN6O3. The Bertz CT molecular complexity index is 1270. The SMILES string of the molecule is CCn1nc(C)cc1-c1nc(Cl)c2c(n1)Cc1c(OCCCN3CCOCC3)cc(C(N)=O)cc1-2. The second-order valence-electron chi connectivity index (χ2n) is 8.84. The van der Waals surface area contributed by atoms with Gasteiger partial charge in [0, 0.05) is 49.3 Å². The van der Waals surface area contributed by atoms with E-state index in [-0.39, 0.29) is 0 Å². The number of benzene rings is 1. The molecule has 1 aliphatic heterocycles. The highest BCUT2D eigenvalue weighted by Crippen LogP contribution is 2.45. The number of aryl methyl sites for hydroxylation is 2. The third kappa shape index (κ3) is 4.76. The van der Waals surface area contributed by atoms with Crippen molar-refractivity contribution in [2.75, 3.05) is 39.5 Å². The second kappa shape index (κ2) is 9.93. The Morgan fingerprint density at radius 2 is 2.03 bits per heavy atom. The zero-order valence-electron chi connectivity index (χ0n) is 20.0. The predicted octanol–water partition coefficient (Wildman–Crippen LogP) is 3.09. The van der Waals surface area contributed by atoms with Crippen molar-refractivity contribution in [2.24, 2.45) is 5.73 Å². The van der Waals surface area contributed by atoms with Crippen molar-refractivity contribution in [2.45, 2.75) is 33.2 Å². The third-order valence-corrected chi connectivity index (χ3v) is 6.73. The van der Waals surface area contributed by atoms with Gasteiger partial charge in [0.25, 0.3) is 0 Å². The van der Waals surface area contributed by atoms with Crippen molar-refractivity contribution in [3.05, 3.63) is 45.9 Å². The zero-order valence-corrected chi connectivity index (χ0v) is 20.8. The number of morpholine rings is 1. The molecule has 0 unspecified atom stereocenters. The topological polar surface area (TPSA) is 108 Å². The molecule has 10 heteroatoms. The monoisotopic (exact) mass is 496 g/mol. The number of hydrogen-bond donors (Lipinski definition) is 1. The number of ether oxygens (including phenoxy) is 2. The molecule has 0 saturated carbocycles. The van der Waals surface area contributed by atoms with Gasteiger partial charge >= 0.3 is 0 Å². The molecule has 3 aromatic rings. The summed E-state index contributed by atoms with van der Waals surface area (Å²) in [6.45, 7) is 9.56. The number of carbonyl (C=O) groups is 1. The number of fused-ring (bicyclic) bond motifs is 3. The fraction of sp³-hybridized carbons (Fsp3) is 0.440. The van der Waals surface area contributed by atoms with Crippen molar-refractivity contribution in [3.8, 4) is 28.4 Å². The van der Waals surface area contributed by atoms with Gasteiger partial charge in [0.1, 0.15) is 16.6 Å². The van der Waals surface area contributed by atoms with Crippen LogP contribution in [-0.4, -0.2) is 70.0 Å². The molecule has 2 aromatic heterocycles. The summed E-state index contributed by atoms with van der Waals surface area (Å²) in [7, 11) is 0. The molecule has 2 aliphatic rings. The largest absolute Gasteiger partial charge is 0.493 e. The van der Waals surface area contributed by atoms with Gasteiger partial charge in [0.15, 0.2) is 5.82 Å². The van der Waals surface area contributed by atoms with E-state index in [1.165, 1.54) is 0 Å². The number of aromatic nitrogens is 4. The van der Waals surface area contributed by atoms with Crippen molar-refractivity contribution < 1.29 is 14.3 Å². The van der Waals surface area contributed by atoms with Crippen LogP contribution in [0.2, 0.25) is 5.15 Å². The van der Waals surface area contributed by atoms with Gasteiger partial charge in [-0.1, -0.05) is 11.6 Å². The van der Waals surface area contributed by atoms with Crippen LogP contribution in [0.3, 0.4) is 0 Å². The molecule has 1 fully saturated rings. The first-order valence-electron chi connectivity index (χ1n) is 12.0. The minimum Gasteiger partial charge on any atom is -0.493 e. The number of amides is 1. The van der Waals surface area contributed by atoms with E-state index in [9.17, 15) is 4.79 Å². The molecule has 3 heterocycles. The lowest BCUT2D eigenvalue weighted by Gasteiger charge is -2.26. The summed E-state index contributed by atoms with van der Waals surface area (Å²) >= 11 is 6.70. The smallest absolute Gasteiger partial charge is 0.248 e. The highest BCUT2D eigenvalue weighted by molar-refractivity contribution is 6.32. The first kappa shape index (κ1) is 23.7. The summed E-state index contributed by atoms with van der Waals surface area (Å²) in [5.74, 6) is 0.658. The lowest BCUT2D eigenvalue weighted by molar-refractivity contribution is 0.0358. The molecule has 1 aliphatic carbocycles. The number of hydrogen-bond acceptors (Lipinski definition) is 7. The molecule has 1 aromatic carbocycles. The molecule has 1 amide bonds. The highest BCUT2D eigenvalue weighted by atomic mass is 35.5.